The van der Waals surface area contributed by atoms with Crippen molar-refractivity contribution in [2.75, 3.05) is 26.3 Å². The average molecular weight is 639 g/mol. The molecule has 6 atom stereocenters. The van der Waals surface area contributed by atoms with Crippen molar-refractivity contribution in [2.45, 2.75) is 50.5 Å². The van der Waals surface area contributed by atoms with E-state index in [0.717, 1.165) is 11.1 Å². The second-order valence-corrected chi connectivity index (χ2v) is 14.2. The van der Waals surface area contributed by atoms with Crippen LogP contribution >= 0.6 is 0 Å². The summed E-state index contributed by atoms with van der Waals surface area (Å²) < 4.78 is 51.9. The molecule has 1 aliphatic carbocycles. The van der Waals surface area contributed by atoms with Crippen LogP contribution in [0.15, 0.2) is 81.6 Å². The molecule has 3 heterocycles. The molecule has 2 fully saturated rings. The molecule has 3 aromatic rings. The average Bonchev–Trinajstić information content (AvgIpc) is 3.73. The second-order valence-electron chi connectivity index (χ2n) is 12.3. The topological polar surface area (TPSA) is 153 Å². The standard InChI is InChI=1S/C32H38N4O8S/c1-19(2)14-36(45(39,40)23-11-7-10-22(13-23)30-35-33-18-43-30)15-27(37)26(12-21-8-5-4-6-9-21)34-32(38)44-29-24-16-41-31-28(20(24)3)25(29)17-42-31/h4-11,13,18-20,25-28,31,37H,12,14-17H2,1-3H3,(H,34,38)/t20-,25?,26-,27+,28?,31?/m0/s1. The first-order valence-corrected chi connectivity index (χ1v) is 16.6. The number of ether oxygens (including phenoxy) is 3. The minimum absolute atomic E-state index is 0.0206. The zero-order chi connectivity index (χ0) is 31.7. The van der Waals surface area contributed by atoms with Crippen molar-refractivity contribution in [3.8, 4) is 11.5 Å². The Kier molecular flexibility index (Phi) is 9.07. The van der Waals surface area contributed by atoms with E-state index >= 15 is 0 Å². The smallest absolute Gasteiger partial charge is 0.412 e. The minimum atomic E-state index is -4.08. The summed E-state index contributed by atoms with van der Waals surface area (Å²) in [7, 11) is -4.08. The summed E-state index contributed by atoms with van der Waals surface area (Å²) in [4.78, 5) is 13.4. The van der Waals surface area contributed by atoms with Crippen LogP contribution < -0.4 is 5.32 Å². The van der Waals surface area contributed by atoms with Crippen molar-refractivity contribution in [3.63, 3.8) is 0 Å². The van der Waals surface area contributed by atoms with Crippen LogP contribution in [0.3, 0.4) is 0 Å². The summed E-state index contributed by atoms with van der Waals surface area (Å²) in [5.41, 5.74) is 2.27. The molecule has 2 aliphatic heterocycles. The van der Waals surface area contributed by atoms with Gasteiger partial charge < -0.3 is 29.1 Å². The number of sulfonamides is 1. The Morgan fingerprint density at radius 1 is 1.13 bits per heavy atom. The molecule has 2 bridgehead atoms. The van der Waals surface area contributed by atoms with Gasteiger partial charge >= 0.3 is 6.09 Å². The number of fused-ring (bicyclic) bond motifs is 1. The van der Waals surface area contributed by atoms with Gasteiger partial charge in [0.2, 0.25) is 22.3 Å². The summed E-state index contributed by atoms with van der Waals surface area (Å²) in [5.74, 6) is 0.932. The Bertz CT molecular complexity index is 1630. The lowest BCUT2D eigenvalue weighted by molar-refractivity contribution is -0.146. The molecule has 3 unspecified atom stereocenters. The second kappa shape index (κ2) is 13.0. The molecule has 1 aromatic heterocycles. The first-order chi connectivity index (χ1) is 21.6. The SMILES string of the molecule is CC(C)CN(C[C@@H](O)[C@H](Cc1ccccc1)NC(=O)OC1=C2COC3OCC1C3[C@H]2C)S(=O)(=O)c1cccc(-c2nnco2)c1. The predicted molar refractivity (Wildman–Crippen MR) is 162 cm³/mol. The number of nitrogens with one attached hydrogen (secondary N) is 1. The van der Waals surface area contributed by atoms with Gasteiger partial charge in [0.05, 0.1) is 30.3 Å². The zero-order valence-electron chi connectivity index (χ0n) is 25.4. The molecule has 6 rings (SSSR count). The highest BCUT2D eigenvalue weighted by Gasteiger charge is 2.54. The van der Waals surface area contributed by atoms with Gasteiger partial charge in [0.25, 0.3) is 0 Å². The fourth-order valence-corrected chi connectivity index (χ4v) is 8.17. The first-order valence-electron chi connectivity index (χ1n) is 15.1. The fraction of sp³-hybridized carbons (Fsp3) is 0.469. The van der Waals surface area contributed by atoms with E-state index in [9.17, 15) is 18.3 Å². The molecule has 0 saturated carbocycles. The maximum absolute atomic E-state index is 14.0. The Morgan fingerprint density at radius 3 is 2.67 bits per heavy atom. The van der Waals surface area contributed by atoms with E-state index in [1.165, 1.54) is 22.8 Å². The highest BCUT2D eigenvalue weighted by molar-refractivity contribution is 7.89. The monoisotopic (exact) mass is 638 g/mol. The summed E-state index contributed by atoms with van der Waals surface area (Å²) in [6.45, 7) is 6.53. The number of carbonyl (C=O) groups is 1. The van der Waals surface area contributed by atoms with Gasteiger partial charge in [0, 0.05) is 30.5 Å². The Balaban J connectivity index is 1.23. The maximum atomic E-state index is 14.0. The Hall–Kier alpha value is -3.62. The van der Waals surface area contributed by atoms with Gasteiger partial charge in [-0.05, 0) is 47.6 Å². The van der Waals surface area contributed by atoms with Crippen molar-refractivity contribution in [3.05, 3.63) is 77.9 Å². The molecule has 13 heteroatoms. The van der Waals surface area contributed by atoms with Gasteiger partial charge in [0.15, 0.2) is 6.29 Å². The van der Waals surface area contributed by atoms with E-state index in [1.807, 2.05) is 44.2 Å². The van der Waals surface area contributed by atoms with E-state index in [0.29, 0.717) is 24.5 Å². The molecule has 2 aromatic carbocycles. The molecule has 0 spiro atoms. The molecule has 0 radical (unpaired) electrons. The number of hydrogen-bond donors (Lipinski definition) is 2. The van der Waals surface area contributed by atoms with Crippen molar-refractivity contribution in [1.82, 2.24) is 19.8 Å². The number of alkyl carbamates (subject to hydrolysis) is 1. The lowest BCUT2D eigenvalue weighted by atomic mass is 9.87. The van der Waals surface area contributed by atoms with Crippen LogP contribution in [0.2, 0.25) is 0 Å². The number of aromatic nitrogens is 2. The molecule has 2 saturated heterocycles. The first kappa shape index (κ1) is 31.4. The Morgan fingerprint density at radius 2 is 1.93 bits per heavy atom. The molecular formula is C32H38N4O8S. The number of carbonyl (C=O) groups excluding carboxylic acids is 1. The fourth-order valence-electron chi connectivity index (χ4n) is 6.50. The van der Waals surface area contributed by atoms with Crippen LogP contribution in [-0.4, -0.2) is 78.9 Å². The van der Waals surface area contributed by atoms with Crippen LogP contribution in [0.5, 0.6) is 0 Å². The van der Waals surface area contributed by atoms with Crippen molar-refractivity contribution < 1.29 is 36.9 Å². The third-order valence-corrected chi connectivity index (χ3v) is 10.5. The minimum Gasteiger partial charge on any atom is -0.423 e. The Labute approximate surface area is 262 Å². The van der Waals surface area contributed by atoms with Crippen LogP contribution in [0, 0.1) is 23.7 Å². The van der Waals surface area contributed by atoms with Crippen LogP contribution in [0.4, 0.5) is 4.79 Å². The maximum Gasteiger partial charge on any atom is 0.412 e. The van der Waals surface area contributed by atoms with Crippen molar-refractivity contribution in [1.29, 1.82) is 0 Å². The number of nitrogens with zero attached hydrogens (tertiary/aromatic N) is 3. The summed E-state index contributed by atoms with van der Waals surface area (Å²) in [5, 5.41) is 22.0. The predicted octanol–water partition coefficient (Wildman–Crippen LogP) is 3.60. The van der Waals surface area contributed by atoms with Crippen molar-refractivity contribution in [2.24, 2.45) is 23.7 Å². The van der Waals surface area contributed by atoms with Crippen LogP contribution in [-0.2, 0) is 30.7 Å². The molecule has 2 N–H and O–H groups in total. The molecule has 1 amide bonds. The molecular weight excluding hydrogens is 600 g/mol. The highest BCUT2D eigenvalue weighted by Crippen LogP contribution is 2.52. The van der Waals surface area contributed by atoms with E-state index in [-0.39, 0.29) is 60.3 Å². The zero-order valence-corrected chi connectivity index (χ0v) is 26.2. The number of aliphatic hydroxyl groups excluding tert-OH is 1. The lowest BCUT2D eigenvalue weighted by Gasteiger charge is -2.30. The van der Waals surface area contributed by atoms with Crippen LogP contribution in [0.25, 0.3) is 11.5 Å². The third-order valence-electron chi connectivity index (χ3n) is 8.71. The summed E-state index contributed by atoms with van der Waals surface area (Å²) in [6, 6.07) is 14.8. The number of benzene rings is 2. The quantitative estimate of drug-likeness (QED) is 0.301. The summed E-state index contributed by atoms with van der Waals surface area (Å²) in [6.07, 6.45) is -0.862. The summed E-state index contributed by atoms with van der Waals surface area (Å²) >= 11 is 0. The molecule has 3 aliphatic rings. The van der Waals surface area contributed by atoms with E-state index < -0.39 is 28.3 Å². The van der Waals surface area contributed by atoms with Gasteiger partial charge in [-0.2, -0.15) is 4.31 Å². The van der Waals surface area contributed by atoms with Gasteiger partial charge in [-0.25, -0.2) is 13.2 Å². The number of rotatable bonds is 12. The normalized spacial score (nSPS) is 23.9. The largest absolute Gasteiger partial charge is 0.423 e. The molecule has 45 heavy (non-hydrogen) atoms. The van der Waals surface area contributed by atoms with Crippen LogP contribution in [0.1, 0.15) is 26.3 Å². The molecule has 12 nitrogen and oxygen atoms in total. The lowest BCUT2D eigenvalue weighted by Crippen LogP contribution is -2.51. The third kappa shape index (κ3) is 6.54. The van der Waals surface area contributed by atoms with E-state index in [4.69, 9.17) is 18.6 Å². The van der Waals surface area contributed by atoms with Gasteiger partial charge in [-0.1, -0.05) is 57.2 Å². The number of aliphatic hydroxyl groups is 1. The number of hydrogen-bond acceptors (Lipinski definition) is 10. The van der Waals surface area contributed by atoms with Gasteiger partial charge in [-0.15, -0.1) is 10.2 Å². The highest BCUT2D eigenvalue weighted by atomic mass is 32.2. The molecule has 240 valence electrons. The van der Waals surface area contributed by atoms with Gasteiger partial charge in [0.1, 0.15) is 5.76 Å². The van der Waals surface area contributed by atoms with Gasteiger partial charge in [-0.3, -0.25) is 0 Å². The van der Waals surface area contributed by atoms with Crippen molar-refractivity contribution >= 4 is 16.1 Å². The number of amides is 1. The van der Waals surface area contributed by atoms with E-state index in [1.54, 1.807) is 12.1 Å². The van der Waals surface area contributed by atoms with E-state index in [2.05, 4.69) is 22.4 Å².